The van der Waals surface area contributed by atoms with Crippen LogP contribution < -0.4 is 4.90 Å². The van der Waals surface area contributed by atoms with Crippen molar-refractivity contribution in [2.24, 2.45) is 5.92 Å². The van der Waals surface area contributed by atoms with E-state index in [1.54, 1.807) is 24.3 Å². The number of halogens is 2. The fourth-order valence-corrected chi connectivity index (χ4v) is 4.87. The Morgan fingerprint density at radius 3 is 1.93 bits per heavy atom. The van der Waals surface area contributed by atoms with E-state index in [1.807, 2.05) is 24.3 Å². The van der Waals surface area contributed by atoms with Crippen molar-refractivity contribution >= 4 is 40.7 Å². The third kappa shape index (κ3) is 2.53. The van der Waals surface area contributed by atoms with Crippen molar-refractivity contribution in [1.29, 1.82) is 0 Å². The molecule has 0 unspecified atom stereocenters. The highest BCUT2D eigenvalue weighted by Gasteiger charge is 2.62. The second-order valence-corrected chi connectivity index (χ2v) is 8.01. The van der Waals surface area contributed by atoms with E-state index in [4.69, 9.17) is 23.2 Å². The van der Waals surface area contributed by atoms with Crippen LogP contribution in [0.2, 0.25) is 10.0 Å². The van der Waals surface area contributed by atoms with Crippen molar-refractivity contribution in [2.75, 3.05) is 18.0 Å². The first-order chi connectivity index (χ1) is 13.1. The third-order valence-corrected chi connectivity index (χ3v) is 6.21. The van der Waals surface area contributed by atoms with E-state index >= 15 is 0 Å². The van der Waals surface area contributed by atoms with Crippen molar-refractivity contribution in [3.05, 3.63) is 64.1 Å². The topological polar surface area (TPSA) is 43.9 Å². The van der Waals surface area contributed by atoms with Gasteiger partial charge in [-0.05, 0) is 48.4 Å². The summed E-state index contributed by atoms with van der Waals surface area (Å²) in [5.41, 5.74) is 1.59. The number of anilines is 1. The molecule has 0 aromatic heterocycles. The van der Waals surface area contributed by atoms with Crippen molar-refractivity contribution in [1.82, 2.24) is 10.0 Å². The predicted molar refractivity (Wildman–Crippen MR) is 103 cm³/mol. The molecule has 0 aliphatic carbocycles. The minimum absolute atomic E-state index is 0.150. The summed E-state index contributed by atoms with van der Waals surface area (Å²) < 4.78 is 0. The molecular formula is C20H17Cl2N3O2. The predicted octanol–water partition coefficient (Wildman–Crippen LogP) is 3.53. The molecular weight excluding hydrogens is 385 g/mol. The van der Waals surface area contributed by atoms with E-state index in [9.17, 15) is 9.59 Å². The molecule has 0 bridgehead atoms. The van der Waals surface area contributed by atoms with Gasteiger partial charge in [-0.25, -0.2) is 14.9 Å². The lowest BCUT2D eigenvalue weighted by molar-refractivity contribution is -0.126. The molecule has 7 heteroatoms. The first-order valence-corrected chi connectivity index (χ1v) is 9.74. The highest BCUT2D eigenvalue weighted by atomic mass is 35.5. The maximum absolute atomic E-state index is 13.4. The summed E-state index contributed by atoms with van der Waals surface area (Å²) in [6, 6.07) is 13.8. The van der Waals surface area contributed by atoms with Crippen molar-refractivity contribution in [3.8, 4) is 0 Å². The van der Waals surface area contributed by atoms with Gasteiger partial charge in [0.15, 0.2) is 0 Å². The van der Waals surface area contributed by atoms with Gasteiger partial charge >= 0.3 is 0 Å². The van der Waals surface area contributed by atoms with Crippen LogP contribution in [0, 0.1) is 5.92 Å². The standard InChI is InChI=1S/C20H17Cl2N3O2/c21-13-4-2-12(3-5-13)17-16-18(24-11-1-10-23(17)24)20(27)25(19(16)26)15-8-6-14(22)7-9-15/h2-9,16-18H,1,10-11H2/t16-,17+,18+/m1/s1. The van der Waals surface area contributed by atoms with Crippen LogP contribution in [0.5, 0.6) is 0 Å². The summed E-state index contributed by atoms with van der Waals surface area (Å²) in [6.45, 7) is 1.64. The van der Waals surface area contributed by atoms with Crippen molar-refractivity contribution < 1.29 is 9.59 Å². The van der Waals surface area contributed by atoms with Gasteiger partial charge in [0, 0.05) is 23.1 Å². The normalized spacial score (nSPS) is 28.1. The molecule has 0 spiro atoms. The van der Waals surface area contributed by atoms with Crippen LogP contribution in [0.15, 0.2) is 48.5 Å². The molecule has 27 heavy (non-hydrogen) atoms. The van der Waals surface area contributed by atoms with Gasteiger partial charge in [0.05, 0.1) is 17.6 Å². The summed E-state index contributed by atoms with van der Waals surface area (Å²) in [4.78, 5) is 27.9. The summed E-state index contributed by atoms with van der Waals surface area (Å²) in [6.07, 6.45) is 0.982. The van der Waals surface area contributed by atoms with Crippen LogP contribution in [0.1, 0.15) is 18.0 Å². The number of rotatable bonds is 2. The molecule has 0 N–H and O–H groups in total. The minimum Gasteiger partial charge on any atom is -0.274 e. The molecule has 2 amide bonds. The number of hydrogen-bond donors (Lipinski definition) is 0. The Labute approximate surface area is 167 Å². The van der Waals surface area contributed by atoms with Crippen molar-refractivity contribution in [3.63, 3.8) is 0 Å². The van der Waals surface area contributed by atoms with Crippen LogP contribution >= 0.6 is 23.2 Å². The minimum atomic E-state index is -0.448. The van der Waals surface area contributed by atoms with E-state index in [-0.39, 0.29) is 17.9 Å². The average Bonchev–Trinajstić information content (AvgIpc) is 3.30. The maximum Gasteiger partial charge on any atom is 0.253 e. The second-order valence-electron chi connectivity index (χ2n) is 7.14. The molecule has 3 fully saturated rings. The fraction of sp³-hybridized carbons (Fsp3) is 0.300. The quantitative estimate of drug-likeness (QED) is 0.721. The lowest BCUT2D eigenvalue weighted by Crippen LogP contribution is -2.44. The molecule has 3 aliphatic heterocycles. The first-order valence-electron chi connectivity index (χ1n) is 8.98. The summed E-state index contributed by atoms with van der Waals surface area (Å²) in [7, 11) is 0. The van der Waals surface area contributed by atoms with E-state index in [1.165, 1.54) is 4.90 Å². The zero-order valence-electron chi connectivity index (χ0n) is 14.4. The summed E-state index contributed by atoms with van der Waals surface area (Å²) >= 11 is 12.0. The van der Waals surface area contributed by atoms with Crippen LogP contribution in [0.4, 0.5) is 5.69 Å². The number of amides is 2. The van der Waals surface area contributed by atoms with E-state index in [2.05, 4.69) is 10.0 Å². The molecule has 3 heterocycles. The Hall–Kier alpha value is -1.92. The largest absolute Gasteiger partial charge is 0.274 e. The summed E-state index contributed by atoms with van der Waals surface area (Å²) in [5.74, 6) is -0.730. The first kappa shape index (κ1) is 17.2. The number of hydrazine groups is 1. The van der Waals surface area contributed by atoms with Crippen LogP contribution in [0.25, 0.3) is 0 Å². The lowest BCUT2D eigenvalue weighted by Gasteiger charge is -2.29. The molecule has 3 atom stereocenters. The Morgan fingerprint density at radius 2 is 1.30 bits per heavy atom. The van der Waals surface area contributed by atoms with Gasteiger partial charge in [-0.15, -0.1) is 0 Å². The second kappa shape index (κ2) is 6.31. The van der Waals surface area contributed by atoms with Crippen LogP contribution in [-0.2, 0) is 9.59 Å². The van der Waals surface area contributed by atoms with Crippen LogP contribution in [0.3, 0.4) is 0 Å². The molecule has 3 aliphatic rings. The highest BCUT2D eigenvalue weighted by Crippen LogP contribution is 2.49. The zero-order valence-corrected chi connectivity index (χ0v) is 15.9. The van der Waals surface area contributed by atoms with Gasteiger partial charge in [-0.2, -0.15) is 0 Å². The molecule has 138 valence electrons. The maximum atomic E-state index is 13.4. The molecule has 5 rings (SSSR count). The highest BCUT2D eigenvalue weighted by molar-refractivity contribution is 6.31. The summed E-state index contributed by atoms with van der Waals surface area (Å²) in [5, 5.41) is 5.50. The number of carbonyl (C=O) groups excluding carboxylic acids is 2. The Kier molecular flexibility index (Phi) is 4.02. The number of hydrogen-bond acceptors (Lipinski definition) is 4. The molecule has 0 radical (unpaired) electrons. The zero-order chi connectivity index (χ0) is 18.7. The van der Waals surface area contributed by atoms with E-state index < -0.39 is 12.0 Å². The fourth-order valence-electron chi connectivity index (χ4n) is 4.62. The van der Waals surface area contributed by atoms with Gasteiger partial charge in [0.25, 0.3) is 5.91 Å². The molecule has 3 saturated heterocycles. The molecule has 2 aromatic rings. The Bertz CT molecular complexity index is 916. The Morgan fingerprint density at radius 1 is 0.741 bits per heavy atom. The molecule has 5 nitrogen and oxygen atoms in total. The van der Waals surface area contributed by atoms with Gasteiger partial charge in [-0.3, -0.25) is 9.59 Å². The number of carbonyl (C=O) groups is 2. The van der Waals surface area contributed by atoms with Crippen LogP contribution in [-0.4, -0.2) is 41.0 Å². The Balaban J connectivity index is 1.57. The van der Waals surface area contributed by atoms with Gasteiger partial charge < -0.3 is 0 Å². The number of nitrogens with zero attached hydrogens (tertiary/aromatic N) is 3. The van der Waals surface area contributed by atoms with Gasteiger partial charge in [0.1, 0.15) is 6.04 Å². The average molecular weight is 402 g/mol. The van der Waals surface area contributed by atoms with E-state index in [0.717, 1.165) is 25.1 Å². The van der Waals surface area contributed by atoms with Crippen molar-refractivity contribution in [2.45, 2.75) is 18.5 Å². The van der Waals surface area contributed by atoms with E-state index in [0.29, 0.717) is 15.7 Å². The monoisotopic (exact) mass is 401 g/mol. The van der Waals surface area contributed by atoms with Gasteiger partial charge in [0.2, 0.25) is 5.91 Å². The third-order valence-electron chi connectivity index (χ3n) is 5.70. The molecule has 0 saturated carbocycles. The lowest BCUT2D eigenvalue weighted by atomic mass is 9.90. The number of fused-ring (bicyclic) bond motifs is 3. The van der Waals surface area contributed by atoms with Gasteiger partial charge in [-0.1, -0.05) is 35.3 Å². The number of imide groups is 1. The smallest absolute Gasteiger partial charge is 0.253 e. The SMILES string of the molecule is O=C1[C@H]2[C@@H](C(=O)N1c1ccc(Cl)cc1)N1CCCN1[C@H]2c1ccc(Cl)cc1. The molecule has 2 aromatic carbocycles. The number of benzene rings is 2.